The Morgan fingerprint density at radius 3 is 3.04 bits per heavy atom. The number of aryl methyl sites for hydroxylation is 1. The van der Waals surface area contributed by atoms with Gasteiger partial charge < -0.3 is 15.0 Å². The maximum absolute atomic E-state index is 12.4. The van der Waals surface area contributed by atoms with Gasteiger partial charge in [0, 0.05) is 4.88 Å². The van der Waals surface area contributed by atoms with Gasteiger partial charge in [0.2, 0.25) is 5.91 Å². The molecule has 0 aliphatic heterocycles. The van der Waals surface area contributed by atoms with E-state index in [2.05, 4.69) is 26.9 Å². The predicted octanol–water partition coefficient (Wildman–Crippen LogP) is 1.49. The molecule has 2 aromatic rings. The van der Waals surface area contributed by atoms with Crippen LogP contribution < -0.4 is 10.9 Å². The van der Waals surface area contributed by atoms with Gasteiger partial charge in [0.05, 0.1) is 18.2 Å². The van der Waals surface area contributed by atoms with Crippen LogP contribution in [0.3, 0.4) is 0 Å². The van der Waals surface area contributed by atoms with Crippen molar-refractivity contribution in [1.82, 2.24) is 15.3 Å². The second-order valence-electron chi connectivity index (χ2n) is 6.04. The number of hydrogen-bond acceptors (Lipinski definition) is 7. The third-order valence-corrected chi connectivity index (χ3v) is 6.16. The number of carbonyl (C=O) groups excluding carboxylic acids is 2. The Morgan fingerprint density at radius 1 is 1.48 bits per heavy atom. The molecule has 0 spiro atoms. The number of nitrogens with one attached hydrogen (secondary N) is 2. The molecule has 0 radical (unpaired) electrons. The second-order valence-corrected chi connectivity index (χ2v) is 8.09. The number of esters is 1. The van der Waals surface area contributed by atoms with Crippen molar-refractivity contribution in [2.75, 3.05) is 19.4 Å². The fourth-order valence-corrected chi connectivity index (χ4v) is 4.96. The molecule has 134 valence electrons. The molecular weight excluding hydrogens is 362 g/mol. The molecule has 7 nitrogen and oxygen atoms in total. The summed E-state index contributed by atoms with van der Waals surface area (Å²) in [5, 5.41) is 3.56. The van der Waals surface area contributed by atoms with Crippen LogP contribution in [-0.2, 0) is 27.2 Å². The number of thiophene rings is 1. The predicted molar refractivity (Wildman–Crippen MR) is 97.2 cm³/mol. The van der Waals surface area contributed by atoms with E-state index in [9.17, 15) is 14.4 Å². The lowest BCUT2D eigenvalue weighted by molar-refractivity contribution is -0.140. The molecule has 1 amide bonds. The molecule has 2 aromatic heterocycles. The standard InChI is InChI=1S/C16H19N3O4S2/c1-8-3-4-9-10(5-8)25-15-13(9)14(22)18-16(19-15)24-7-11(20)17-6-12(21)23-2/h8H,3-7H2,1-2H3,(H,17,20)(H,18,19,22)/t8-/m1/s1. The first-order valence-electron chi connectivity index (χ1n) is 7.98. The van der Waals surface area contributed by atoms with E-state index in [1.807, 2.05) is 0 Å². The number of methoxy groups -OCH3 is 1. The normalized spacial score (nSPS) is 16.5. The number of ether oxygens (including phenoxy) is 1. The smallest absolute Gasteiger partial charge is 0.325 e. The number of aromatic nitrogens is 2. The van der Waals surface area contributed by atoms with E-state index in [0.717, 1.165) is 41.4 Å². The molecule has 0 unspecified atom stereocenters. The summed E-state index contributed by atoms with van der Waals surface area (Å²) in [7, 11) is 1.26. The monoisotopic (exact) mass is 381 g/mol. The van der Waals surface area contributed by atoms with E-state index in [1.54, 1.807) is 11.3 Å². The Labute approximate surface area is 152 Å². The molecule has 1 aliphatic carbocycles. The number of thioether (sulfide) groups is 1. The Bertz CT molecular complexity index is 874. The first-order valence-corrected chi connectivity index (χ1v) is 9.79. The number of amides is 1. The molecule has 1 aliphatic rings. The van der Waals surface area contributed by atoms with E-state index in [1.165, 1.54) is 12.0 Å². The average molecular weight is 381 g/mol. The summed E-state index contributed by atoms with van der Waals surface area (Å²) in [5.41, 5.74) is 0.994. The highest BCUT2D eigenvalue weighted by Gasteiger charge is 2.23. The fourth-order valence-electron chi connectivity index (χ4n) is 2.83. The van der Waals surface area contributed by atoms with Gasteiger partial charge in [0.15, 0.2) is 5.16 Å². The van der Waals surface area contributed by atoms with Crippen molar-refractivity contribution in [3.05, 3.63) is 20.8 Å². The summed E-state index contributed by atoms with van der Waals surface area (Å²) in [5.74, 6) is -0.137. The van der Waals surface area contributed by atoms with Crippen LogP contribution in [0.5, 0.6) is 0 Å². The van der Waals surface area contributed by atoms with E-state index in [-0.39, 0.29) is 23.8 Å². The van der Waals surface area contributed by atoms with Gasteiger partial charge in [0.25, 0.3) is 5.56 Å². The first kappa shape index (κ1) is 17.9. The van der Waals surface area contributed by atoms with E-state index < -0.39 is 5.97 Å². The molecule has 0 fully saturated rings. The van der Waals surface area contributed by atoms with Crippen LogP contribution >= 0.6 is 23.1 Å². The van der Waals surface area contributed by atoms with Crippen LogP contribution in [-0.4, -0.2) is 41.3 Å². The van der Waals surface area contributed by atoms with Crippen molar-refractivity contribution >= 4 is 45.2 Å². The van der Waals surface area contributed by atoms with Crippen molar-refractivity contribution in [1.29, 1.82) is 0 Å². The summed E-state index contributed by atoms with van der Waals surface area (Å²) >= 11 is 2.72. The van der Waals surface area contributed by atoms with E-state index in [4.69, 9.17) is 0 Å². The Kier molecular flexibility index (Phi) is 5.43. The molecule has 3 rings (SSSR count). The Morgan fingerprint density at radius 2 is 2.28 bits per heavy atom. The van der Waals surface area contributed by atoms with Gasteiger partial charge >= 0.3 is 5.97 Å². The summed E-state index contributed by atoms with van der Waals surface area (Å²) < 4.78 is 4.46. The minimum absolute atomic E-state index is 0.0631. The SMILES string of the molecule is COC(=O)CNC(=O)CSc1nc2sc3c(c2c(=O)[nH]1)CC[C@@H](C)C3. The number of aromatic amines is 1. The molecule has 0 bridgehead atoms. The molecule has 0 saturated carbocycles. The van der Waals surface area contributed by atoms with E-state index >= 15 is 0 Å². The average Bonchev–Trinajstić information content (AvgIpc) is 2.95. The quantitative estimate of drug-likeness (QED) is 0.462. The Hall–Kier alpha value is -1.87. The lowest BCUT2D eigenvalue weighted by atomic mass is 9.89. The minimum Gasteiger partial charge on any atom is -0.468 e. The summed E-state index contributed by atoms with van der Waals surface area (Å²) in [4.78, 5) is 44.4. The van der Waals surface area contributed by atoms with Gasteiger partial charge in [-0.2, -0.15) is 0 Å². The van der Waals surface area contributed by atoms with Crippen molar-refractivity contribution in [2.45, 2.75) is 31.3 Å². The highest BCUT2D eigenvalue weighted by atomic mass is 32.2. The van der Waals surface area contributed by atoms with Gasteiger partial charge in [-0.15, -0.1) is 11.3 Å². The fraction of sp³-hybridized carbons (Fsp3) is 0.500. The molecular formula is C16H19N3O4S2. The molecule has 0 saturated heterocycles. The molecule has 0 aromatic carbocycles. The number of H-pyrrole nitrogens is 1. The van der Waals surface area contributed by atoms with Crippen LogP contribution in [0.25, 0.3) is 10.2 Å². The van der Waals surface area contributed by atoms with Crippen molar-refractivity contribution in [3.8, 4) is 0 Å². The molecule has 9 heteroatoms. The van der Waals surface area contributed by atoms with Crippen LogP contribution in [0.4, 0.5) is 0 Å². The number of hydrogen-bond donors (Lipinski definition) is 2. The maximum atomic E-state index is 12.4. The van der Waals surface area contributed by atoms with Gasteiger partial charge in [-0.25, -0.2) is 4.98 Å². The zero-order chi connectivity index (χ0) is 18.0. The lowest BCUT2D eigenvalue weighted by Gasteiger charge is -2.17. The van der Waals surface area contributed by atoms with Gasteiger partial charge in [-0.05, 0) is 30.7 Å². The summed E-state index contributed by atoms with van der Waals surface area (Å²) in [6.45, 7) is 2.05. The number of carbonyl (C=O) groups is 2. The highest BCUT2D eigenvalue weighted by Crippen LogP contribution is 2.36. The largest absolute Gasteiger partial charge is 0.468 e. The van der Waals surface area contributed by atoms with Gasteiger partial charge in [-0.1, -0.05) is 18.7 Å². The van der Waals surface area contributed by atoms with Crippen molar-refractivity contribution in [3.63, 3.8) is 0 Å². The minimum atomic E-state index is -0.510. The topological polar surface area (TPSA) is 101 Å². The number of rotatable bonds is 5. The second kappa shape index (κ2) is 7.57. The van der Waals surface area contributed by atoms with Crippen molar-refractivity contribution in [2.24, 2.45) is 5.92 Å². The maximum Gasteiger partial charge on any atom is 0.325 e. The Balaban J connectivity index is 1.72. The zero-order valence-corrected chi connectivity index (χ0v) is 15.6. The summed E-state index contributed by atoms with van der Waals surface area (Å²) in [6, 6.07) is 0. The van der Waals surface area contributed by atoms with E-state index in [0.29, 0.717) is 16.5 Å². The summed E-state index contributed by atoms with van der Waals surface area (Å²) in [6.07, 6.45) is 3.01. The first-order chi connectivity index (χ1) is 12.0. The van der Waals surface area contributed by atoms with Crippen LogP contribution in [0, 0.1) is 5.92 Å². The highest BCUT2D eigenvalue weighted by molar-refractivity contribution is 7.99. The van der Waals surface area contributed by atoms with Crippen molar-refractivity contribution < 1.29 is 14.3 Å². The van der Waals surface area contributed by atoms with Gasteiger partial charge in [0.1, 0.15) is 11.4 Å². The molecule has 2 N–H and O–H groups in total. The van der Waals surface area contributed by atoms with Gasteiger partial charge in [-0.3, -0.25) is 14.4 Å². The number of fused-ring (bicyclic) bond motifs is 3. The third-order valence-electron chi connectivity index (χ3n) is 4.14. The molecule has 2 heterocycles. The molecule has 25 heavy (non-hydrogen) atoms. The van der Waals surface area contributed by atoms with Crippen LogP contribution in [0.1, 0.15) is 23.8 Å². The van der Waals surface area contributed by atoms with Crippen LogP contribution in [0.15, 0.2) is 9.95 Å². The number of nitrogens with zero attached hydrogens (tertiary/aromatic N) is 1. The zero-order valence-electron chi connectivity index (χ0n) is 14.0. The van der Waals surface area contributed by atoms with Crippen LogP contribution in [0.2, 0.25) is 0 Å². The molecule has 1 atom stereocenters. The lowest BCUT2D eigenvalue weighted by Crippen LogP contribution is -2.31. The third kappa shape index (κ3) is 4.04.